The van der Waals surface area contributed by atoms with Crippen molar-refractivity contribution in [1.82, 2.24) is 18.8 Å². The first kappa shape index (κ1) is 15.9. The van der Waals surface area contributed by atoms with E-state index in [1.54, 1.807) is 18.3 Å². The van der Waals surface area contributed by atoms with Gasteiger partial charge in [-0.1, -0.05) is 0 Å². The van der Waals surface area contributed by atoms with Crippen LogP contribution in [0, 0.1) is 0 Å². The Bertz CT molecular complexity index is 782. The van der Waals surface area contributed by atoms with Crippen LogP contribution in [0.25, 0.3) is 0 Å². The minimum Gasteiger partial charge on any atom is -0.363 e. The normalized spacial score (nSPS) is 19.2. The van der Waals surface area contributed by atoms with E-state index in [1.165, 1.54) is 10.5 Å². The predicted molar refractivity (Wildman–Crippen MR) is 87.9 cm³/mol. The lowest BCUT2D eigenvalue weighted by molar-refractivity contribution is 0.469. The van der Waals surface area contributed by atoms with Gasteiger partial charge >= 0.3 is 0 Å². The Morgan fingerprint density at radius 1 is 1.26 bits per heavy atom. The molecule has 0 N–H and O–H groups in total. The van der Waals surface area contributed by atoms with Gasteiger partial charge in [0.25, 0.3) is 0 Å². The van der Waals surface area contributed by atoms with E-state index < -0.39 is 10.0 Å². The molecule has 124 valence electrons. The van der Waals surface area contributed by atoms with Crippen LogP contribution in [0.5, 0.6) is 0 Å². The molecule has 1 fully saturated rings. The molecule has 0 saturated carbocycles. The molecule has 0 spiro atoms. The Labute approximate surface area is 136 Å². The van der Waals surface area contributed by atoms with E-state index in [1.807, 2.05) is 36.8 Å². The molecule has 1 unspecified atom stereocenters. The molecule has 7 nitrogen and oxygen atoms in total. The summed E-state index contributed by atoms with van der Waals surface area (Å²) >= 11 is 0. The fourth-order valence-electron chi connectivity index (χ4n) is 2.87. The molecular formula is C15H21N5O2S. The van der Waals surface area contributed by atoms with Crippen molar-refractivity contribution in [1.29, 1.82) is 0 Å². The fourth-order valence-corrected chi connectivity index (χ4v) is 4.31. The molecule has 2 aromatic heterocycles. The number of pyridine rings is 1. The molecule has 23 heavy (non-hydrogen) atoms. The zero-order valence-corrected chi connectivity index (χ0v) is 14.4. The van der Waals surface area contributed by atoms with E-state index >= 15 is 0 Å². The van der Waals surface area contributed by atoms with Gasteiger partial charge in [0.1, 0.15) is 16.5 Å². The summed E-state index contributed by atoms with van der Waals surface area (Å²) in [5, 5.41) is 0. The van der Waals surface area contributed by atoms with Crippen molar-refractivity contribution in [2.45, 2.75) is 17.2 Å². The van der Waals surface area contributed by atoms with E-state index in [4.69, 9.17) is 0 Å². The Balaban J connectivity index is 1.79. The van der Waals surface area contributed by atoms with Crippen molar-refractivity contribution in [3.05, 3.63) is 36.5 Å². The van der Waals surface area contributed by atoms with E-state index in [9.17, 15) is 8.42 Å². The van der Waals surface area contributed by atoms with Crippen LogP contribution in [0.3, 0.4) is 0 Å². The second-order valence-corrected chi connectivity index (χ2v) is 7.93. The standard InChI is InChI=1S/C15H21N5O2S/c1-18(2)14-5-4-13(10-17-14)23(21,22)20-8-6-12(11-20)15-16-7-9-19(15)3/h4-5,7,9-10,12H,6,8,11H2,1-3H3. The van der Waals surface area contributed by atoms with Crippen LogP contribution < -0.4 is 4.90 Å². The summed E-state index contributed by atoms with van der Waals surface area (Å²) in [6, 6.07) is 3.34. The highest BCUT2D eigenvalue weighted by Crippen LogP contribution is 2.30. The van der Waals surface area contributed by atoms with Crippen LogP contribution in [0.1, 0.15) is 18.2 Å². The lowest BCUT2D eigenvalue weighted by Gasteiger charge is -2.17. The average molecular weight is 335 g/mol. The molecule has 3 heterocycles. The first-order valence-corrected chi connectivity index (χ1v) is 8.94. The molecule has 1 aliphatic rings. The summed E-state index contributed by atoms with van der Waals surface area (Å²) in [4.78, 5) is 10.6. The Morgan fingerprint density at radius 2 is 2.04 bits per heavy atom. The summed E-state index contributed by atoms with van der Waals surface area (Å²) in [6.45, 7) is 0.970. The minimum atomic E-state index is -3.50. The number of aromatic nitrogens is 3. The highest BCUT2D eigenvalue weighted by molar-refractivity contribution is 7.89. The molecule has 0 aliphatic carbocycles. The maximum absolute atomic E-state index is 12.8. The van der Waals surface area contributed by atoms with Crippen molar-refractivity contribution >= 4 is 15.8 Å². The summed E-state index contributed by atoms with van der Waals surface area (Å²) in [6.07, 6.45) is 5.85. The number of nitrogens with zero attached hydrogens (tertiary/aromatic N) is 5. The highest BCUT2D eigenvalue weighted by Gasteiger charge is 2.34. The zero-order valence-electron chi connectivity index (χ0n) is 13.5. The molecule has 0 radical (unpaired) electrons. The third-order valence-electron chi connectivity index (χ3n) is 4.19. The van der Waals surface area contributed by atoms with Gasteiger partial charge in [-0.2, -0.15) is 4.31 Å². The quantitative estimate of drug-likeness (QED) is 0.835. The van der Waals surface area contributed by atoms with Crippen molar-refractivity contribution < 1.29 is 8.42 Å². The zero-order chi connectivity index (χ0) is 16.6. The van der Waals surface area contributed by atoms with Gasteiger partial charge in [-0.25, -0.2) is 18.4 Å². The number of hydrogen-bond acceptors (Lipinski definition) is 5. The van der Waals surface area contributed by atoms with Crippen molar-refractivity contribution in [2.24, 2.45) is 7.05 Å². The summed E-state index contributed by atoms with van der Waals surface area (Å²) in [7, 11) is 2.17. The first-order chi connectivity index (χ1) is 10.9. The minimum absolute atomic E-state index is 0.138. The summed E-state index contributed by atoms with van der Waals surface area (Å²) in [5.74, 6) is 1.80. The van der Waals surface area contributed by atoms with Gasteiger partial charge < -0.3 is 9.47 Å². The maximum atomic E-state index is 12.8. The van der Waals surface area contributed by atoms with Crippen molar-refractivity contribution in [2.75, 3.05) is 32.1 Å². The van der Waals surface area contributed by atoms with E-state index in [0.717, 1.165) is 18.1 Å². The molecule has 2 aromatic rings. The lowest BCUT2D eigenvalue weighted by Crippen LogP contribution is -2.29. The fraction of sp³-hybridized carbons (Fsp3) is 0.467. The second-order valence-electron chi connectivity index (χ2n) is 5.99. The number of anilines is 1. The second kappa shape index (κ2) is 5.93. The lowest BCUT2D eigenvalue weighted by atomic mass is 10.1. The largest absolute Gasteiger partial charge is 0.363 e. The highest BCUT2D eigenvalue weighted by atomic mass is 32.2. The SMILES string of the molecule is CN(C)c1ccc(S(=O)(=O)N2CCC(c3nccn3C)C2)cn1. The molecule has 1 atom stereocenters. The monoisotopic (exact) mass is 335 g/mol. The predicted octanol–water partition coefficient (Wildman–Crippen LogP) is 1.06. The molecule has 0 aromatic carbocycles. The van der Waals surface area contributed by atoms with Crippen LogP contribution in [0.2, 0.25) is 0 Å². The number of sulfonamides is 1. The van der Waals surface area contributed by atoms with E-state index in [2.05, 4.69) is 9.97 Å². The number of imidazole rings is 1. The molecule has 0 bridgehead atoms. The Kier molecular flexibility index (Phi) is 4.11. The van der Waals surface area contributed by atoms with Gasteiger partial charge in [-0.15, -0.1) is 0 Å². The van der Waals surface area contributed by atoms with Crippen LogP contribution >= 0.6 is 0 Å². The van der Waals surface area contributed by atoms with Gasteiger partial charge in [-0.05, 0) is 18.6 Å². The van der Waals surface area contributed by atoms with Gasteiger partial charge in [0, 0.05) is 58.7 Å². The molecule has 8 heteroatoms. The topological polar surface area (TPSA) is 71.3 Å². The van der Waals surface area contributed by atoms with Crippen molar-refractivity contribution in [3.8, 4) is 0 Å². The summed E-state index contributed by atoms with van der Waals surface area (Å²) < 4.78 is 29.0. The van der Waals surface area contributed by atoms with Crippen LogP contribution in [-0.4, -0.2) is 54.4 Å². The molecule has 1 aliphatic heterocycles. The third-order valence-corrected chi connectivity index (χ3v) is 6.04. The smallest absolute Gasteiger partial charge is 0.244 e. The molecule has 3 rings (SSSR count). The van der Waals surface area contributed by atoms with Gasteiger partial charge in [0.2, 0.25) is 10.0 Å². The van der Waals surface area contributed by atoms with E-state index in [0.29, 0.717) is 13.1 Å². The van der Waals surface area contributed by atoms with E-state index in [-0.39, 0.29) is 10.8 Å². The van der Waals surface area contributed by atoms with Crippen molar-refractivity contribution in [3.63, 3.8) is 0 Å². The average Bonchev–Trinajstić information content (AvgIpc) is 3.16. The number of hydrogen-bond donors (Lipinski definition) is 0. The first-order valence-electron chi connectivity index (χ1n) is 7.50. The van der Waals surface area contributed by atoms with Gasteiger partial charge in [-0.3, -0.25) is 0 Å². The van der Waals surface area contributed by atoms with Gasteiger partial charge in [0.05, 0.1) is 0 Å². The number of aryl methyl sites for hydroxylation is 1. The van der Waals surface area contributed by atoms with Crippen LogP contribution in [-0.2, 0) is 17.1 Å². The molecular weight excluding hydrogens is 314 g/mol. The molecule has 0 amide bonds. The summed E-state index contributed by atoms with van der Waals surface area (Å²) in [5.41, 5.74) is 0. The Morgan fingerprint density at radius 3 is 2.61 bits per heavy atom. The van der Waals surface area contributed by atoms with Crippen LogP contribution in [0.15, 0.2) is 35.6 Å². The third kappa shape index (κ3) is 2.96. The molecule has 1 saturated heterocycles. The Hall–Kier alpha value is -1.93. The maximum Gasteiger partial charge on any atom is 0.244 e. The van der Waals surface area contributed by atoms with Crippen LogP contribution in [0.4, 0.5) is 5.82 Å². The van der Waals surface area contributed by atoms with Gasteiger partial charge in [0.15, 0.2) is 0 Å². The number of rotatable bonds is 4.